The zero-order chi connectivity index (χ0) is 17.0. The molecule has 0 bridgehead atoms. The van der Waals surface area contributed by atoms with Crippen molar-refractivity contribution in [3.05, 3.63) is 35.9 Å². The summed E-state index contributed by atoms with van der Waals surface area (Å²) in [7, 11) is 0. The van der Waals surface area contributed by atoms with Crippen LogP contribution in [0.25, 0.3) is 0 Å². The molecule has 0 radical (unpaired) electrons. The van der Waals surface area contributed by atoms with Crippen LogP contribution >= 0.6 is 0 Å². The van der Waals surface area contributed by atoms with Gasteiger partial charge in [0.15, 0.2) is 0 Å². The normalized spacial score (nSPS) is 27.4. The van der Waals surface area contributed by atoms with Crippen molar-refractivity contribution in [2.24, 2.45) is 5.41 Å². The fraction of sp³-hybridized carbons (Fsp3) is 0.556. The third-order valence-corrected chi connectivity index (χ3v) is 4.63. The molecule has 3 rings (SSSR count). The van der Waals surface area contributed by atoms with Gasteiger partial charge in [0, 0.05) is 11.5 Å². The van der Waals surface area contributed by atoms with Gasteiger partial charge in [-0.2, -0.15) is 0 Å². The first-order valence-electron chi connectivity index (χ1n) is 8.33. The first-order chi connectivity index (χ1) is 11.6. The molecule has 6 heteroatoms. The predicted octanol–water partition coefficient (Wildman–Crippen LogP) is 1.43. The summed E-state index contributed by atoms with van der Waals surface area (Å²) < 4.78 is 15.7. The molecule has 1 aromatic carbocycles. The lowest BCUT2D eigenvalue weighted by Crippen LogP contribution is -2.35. The van der Waals surface area contributed by atoms with E-state index in [1.165, 1.54) is 0 Å². The average Bonchev–Trinajstić information content (AvgIpc) is 3.13. The number of carbonyl (C=O) groups excluding carboxylic acids is 2. The van der Waals surface area contributed by atoms with Gasteiger partial charge >= 0.3 is 11.9 Å². The molecule has 0 aromatic heterocycles. The number of rotatable bonds is 8. The Bertz CT molecular complexity index is 590. The summed E-state index contributed by atoms with van der Waals surface area (Å²) in [6, 6.07) is 9.60. The van der Waals surface area contributed by atoms with Gasteiger partial charge in [-0.3, -0.25) is 4.79 Å². The highest BCUT2D eigenvalue weighted by molar-refractivity contribution is 5.77. The Balaban J connectivity index is 1.40. The van der Waals surface area contributed by atoms with Crippen LogP contribution in [0.5, 0.6) is 0 Å². The van der Waals surface area contributed by atoms with Crippen molar-refractivity contribution in [3.8, 4) is 0 Å². The van der Waals surface area contributed by atoms with Crippen molar-refractivity contribution in [1.29, 1.82) is 0 Å². The fourth-order valence-corrected chi connectivity index (χ4v) is 3.26. The van der Waals surface area contributed by atoms with Crippen LogP contribution in [0.1, 0.15) is 25.3 Å². The number of nitrogens with one attached hydrogen (secondary N) is 1. The number of hydrogen-bond acceptors (Lipinski definition) is 6. The van der Waals surface area contributed by atoms with Crippen molar-refractivity contribution in [1.82, 2.24) is 5.32 Å². The molecule has 0 spiro atoms. The molecule has 3 atom stereocenters. The van der Waals surface area contributed by atoms with Gasteiger partial charge < -0.3 is 19.5 Å². The van der Waals surface area contributed by atoms with Crippen molar-refractivity contribution in [3.63, 3.8) is 0 Å². The SMILES string of the molecule is CCOC(=O)COC[C@]12C[C@@H](C(=O)OCc3ccccc3)N[C@H]1C2. The van der Waals surface area contributed by atoms with Crippen molar-refractivity contribution < 1.29 is 23.8 Å². The van der Waals surface area contributed by atoms with Gasteiger partial charge in [0.25, 0.3) is 0 Å². The number of carbonyl (C=O) groups is 2. The maximum Gasteiger partial charge on any atom is 0.332 e. The Morgan fingerprint density at radius 2 is 2.00 bits per heavy atom. The second kappa shape index (κ2) is 7.32. The maximum absolute atomic E-state index is 12.2. The molecule has 2 fully saturated rings. The summed E-state index contributed by atoms with van der Waals surface area (Å²) in [6.07, 6.45) is 1.66. The van der Waals surface area contributed by atoms with E-state index in [1.54, 1.807) is 6.92 Å². The second-order valence-electron chi connectivity index (χ2n) is 6.43. The molecular weight excluding hydrogens is 310 g/mol. The Hall–Kier alpha value is -1.92. The number of piperidine rings is 1. The topological polar surface area (TPSA) is 73.9 Å². The van der Waals surface area contributed by atoms with Crippen LogP contribution in [0.4, 0.5) is 0 Å². The van der Waals surface area contributed by atoms with Gasteiger partial charge in [-0.1, -0.05) is 30.3 Å². The van der Waals surface area contributed by atoms with Crippen LogP contribution in [0.3, 0.4) is 0 Å². The molecule has 1 saturated carbocycles. The molecule has 130 valence electrons. The summed E-state index contributed by atoms with van der Waals surface area (Å²) in [5.74, 6) is -0.577. The van der Waals surface area contributed by atoms with E-state index in [0.29, 0.717) is 19.6 Å². The molecule has 1 heterocycles. The molecular formula is C18H23NO5. The summed E-state index contributed by atoms with van der Waals surface area (Å²) in [5, 5.41) is 3.30. The number of esters is 2. The third kappa shape index (κ3) is 3.94. The van der Waals surface area contributed by atoms with E-state index in [-0.39, 0.29) is 42.7 Å². The van der Waals surface area contributed by atoms with Gasteiger partial charge in [-0.15, -0.1) is 0 Å². The number of ether oxygens (including phenoxy) is 3. The Labute approximate surface area is 141 Å². The van der Waals surface area contributed by atoms with Crippen molar-refractivity contribution in [2.75, 3.05) is 19.8 Å². The van der Waals surface area contributed by atoms with E-state index < -0.39 is 0 Å². The van der Waals surface area contributed by atoms with Crippen LogP contribution in [0.15, 0.2) is 30.3 Å². The summed E-state index contributed by atoms with van der Waals surface area (Å²) in [4.78, 5) is 23.5. The molecule has 0 unspecified atom stereocenters. The van der Waals surface area contributed by atoms with E-state index in [0.717, 1.165) is 12.0 Å². The van der Waals surface area contributed by atoms with Crippen LogP contribution in [0.2, 0.25) is 0 Å². The predicted molar refractivity (Wildman–Crippen MR) is 86.1 cm³/mol. The van der Waals surface area contributed by atoms with Gasteiger partial charge in [-0.05, 0) is 25.3 Å². The molecule has 0 amide bonds. The maximum atomic E-state index is 12.2. The Morgan fingerprint density at radius 3 is 2.75 bits per heavy atom. The van der Waals surface area contributed by atoms with E-state index in [1.807, 2.05) is 30.3 Å². The largest absolute Gasteiger partial charge is 0.464 e. The molecule has 1 aliphatic carbocycles. The van der Waals surface area contributed by atoms with Gasteiger partial charge in [0.05, 0.1) is 13.2 Å². The lowest BCUT2D eigenvalue weighted by atomic mass is 10.0. The second-order valence-corrected chi connectivity index (χ2v) is 6.43. The van der Waals surface area contributed by atoms with Gasteiger partial charge in [-0.25, -0.2) is 4.79 Å². The summed E-state index contributed by atoms with van der Waals surface area (Å²) in [6.45, 7) is 2.83. The van der Waals surface area contributed by atoms with E-state index >= 15 is 0 Å². The molecule has 2 aliphatic rings. The Kier molecular flexibility index (Phi) is 5.16. The highest BCUT2D eigenvalue weighted by atomic mass is 16.6. The third-order valence-electron chi connectivity index (χ3n) is 4.63. The van der Waals surface area contributed by atoms with E-state index in [9.17, 15) is 9.59 Å². The van der Waals surface area contributed by atoms with Gasteiger partial charge in [0.1, 0.15) is 19.3 Å². The lowest BCUT2D eigenvalue weighted by molar-refractivity contribution is -0.150. The highest BCUT2D eigenvalue weighted by Gasteiger charge is 2.62. The van der Waals surface area contributed by atoms with Gasteiger partial charge in [0.2, 0.25) is 0 Å². The lowest BCUT2D eigenvalue weighted by Gasteiger charge is -2.15. The molecule has 6 nitrogen and oxygen atoms in total. The van der Waals surface area contributed by atoms with Crippen molar-refractivity contribution >= 4 is 11.9 Å². The standard InChI is InChI=1S/C18H23NO5/c1-2-23-16(20)11-22-12-18-8-14(19-15(18)9-18)17(21)24-10-13-6-4-3-5-7-13/h3-7,14-15,19H,2,8-12H2,1H3/t14-,15-,18+/m0/s1. The zero-order valence-corrected chi connectivity index (χ0v) is 13.8. The smallest absolute Gasteiger partial charge is 0.332 e. The number of fused-ring (bicyclic) bond motifs is 1. The van der Waals surface area contributed by atoms with E-state index in [4.69, 9.17) is 14.2 Å². The van der Waals surface area contributed by atoms with Crippen LogP contribution < -0.4 is 5.32 Å². The minimum absolute atomic E-state index is 0.0363. The fourth-order valence-electron chi connectivity index (χ4n) is 3.26. The first-order valence-corrected chi connectivity index (χ1v) is 8.33. The molecule has 1 N–H and O–H groups in total. The number of benzene rings is 1. The average molecular weight is 333 g/mol. The first kappa shape index (κ1) is 16.9. The van der Waals surface area contributed by atoms with E-state index in [2.05, 4.69) is 5.32 Å². The number of hydrogen-bond donors (Lipinski definition) is 1. The van der Waals surface area contributed by atoms with Crippen molar-refractivity contribution in [2.45, 2.75) is 38.5 Å². The monoisotopic (exact) mass is 333 g/mol. The molecule has 1 aliphatic heterocycles. The molecule has 1 aromatic rings. The molecule has 24 heavy (non-hydrogen) atoms. The Morgan fingerprint density at radius 1 is 1.21 bits per heavy atom. The van der Waals surface area contributed by atoms with Crippen LogP contribution in [-0.4, -0.2) is 43.8 Å². The van der Waals surface area contributed by atoms with Crippen LogP contribution in [0, 0.1) is 5.41 Å². The molecule has 1 saturated heterocycles. The summed E-state index contributed by atoms with van der Waals surface area (Å²) >= 11 is 0. The highest BCUT2D eigenvalue weighted by Crippen LogP contribution is 2.54. The summed E-state index contributed by atoms with van der Waals surface area (Å²) in [5.41, 5.74) is 0.935. The quantitative estimate of drug-likeness (QED) is 0.726. The van der Waals surface area contributed by atoms with Crippen LogP contribution in [-0.2, 0) is 30.4 Å². The zero-order valence-electron chi connectivity index (χ0n) is 13.8. The minimum Gasteiger partial charge on any atom is -0.464 e. The minimum atomic E-state index is -0.351.